The first kappa shape index (κ1) is 17.1. The second kappa shape index (κ2) is 7.16. The van der Waals surface area contributed by atoms with Gasteiger partial charge in [-0.15, -0.1) is 0 Å². The van der Waals surface area contributed by atoms with Crippen LogP contribution in [0.25, 0.3) is 0 Å². The van der Waals surface area contributed by atoms with Crippen LogP contribution in [0, 0.1) is 0 Å². The van der Waals surface area contributed by atoms with E-state index in [0.29, 0.717) is 5.69 Å². The summed E-state index contributed by atoms with van der Waals surface area (Å²) in [6.07, 6.45) is 0. The van der Waals surface area contributed by atoms with Gasteiger partial charge in [-0.05, 0) is 38.2 Å². The maximum atomic E-state index is 11.7. The molecule has 1 amide bonds. The fraction of sp³-hybridized carbons (Fsp3) is 0.333. The summed E-state index contributed by atoms with van der Waals surface area (Å²) in [5.41, 5.74) is 5.74. The summed E-state index contributed by atoms with van der Waals surface area (Å²) in [7, 11) is -2.25. The fourth-order valence-corrected chi connectivity index (χ4v) is 2.12. The minimum atomic E-state index is -3.54. The second-order valence-electron chi connectivity index (χ2n) is 3.95. The molecule has 0 saturated carbocycles. The van der Waals surface area contributed by atoms with Crippen molar-refractivity contribution < 1.29 is 22.7 Å². The van der Waals surface area contributed by atoms with Gasteiger partial charge in [0.15, 0.2) is 6.04 Å². The molecular formula is C12H17N3O5S. The first-order chi connectivity index (χ1) is 9.81. The summed E-state index contributed by atoms with van der Waals surface area (Å²) in [5, 5.41) is 2.40. The van der Waals surface area contributed by atoms with E-state index in [4.69, 9.17) is 5.73 Å². The number of amides is 1. The highest BCUT2D eigenvalue weighted by atomic mass is 32.2. The van der Waals surface area contributed by atoms with Crippen molar-refractivity contribution in [1.29, 1.82) is 0 Å². The van der Waals surface area contributed by atoms with Gasteiger partial charge in [-0.1, -0.05) is 0 Å². The minimum absolute atomic E-state index is 0.0534. The Hall–Kier alpha value is -1.97. The van der Waals surface area contributed by atoms with Crippen LogP contribution < -0.4 is 15.8 Å². The number of benzene rings is 1. The van der Waals surface area contributed by atoms with Crippen LogP contribution in [0.1, 0.15) is 6.92 Å². The molecule has 1 atom stereocenters. The number of rotatable bonds is 6. The molecule has 1 aromatic rings. The number of hydrogen-bond donors (Lipinski definition) is 3. The van der Waals surface area contributed by atoms with Gasteiger partial charge in [0, 0.05) is 5.69 Å². The van der Waals surface area contributed by atoms with Crippen LogP contribution in [0.2, 0.25) is 0 Å². The Balaban J connectivity index is 2.76. The SMILES string of the molecule is CCOC(=O)C(N)C(=O)Nc1ccc(S(=O)(=O)NC)cc1. The Bertz CT molecular complexity index is 612. The van der Waals surface area contributed by atoms with Gasteiger partial charge in [0.05, 0.1) is 11.5 Å². The molecule has 0 spiro atoms. The van der Waals surface area contributed by atoms with E-state index in [2.05, 4.69) is 14.8 Å². The van der Waals surface area contributed by atoms with Crippen molar-refractivity contribution in [1.82, 2.24) is 4.72 Å². The number of nitrogens with two attached hydrogens (primary N) is 1. The maximum Gasteiger partial charge on any atom is 0.332 e. The van der Waals surface area contributed by atoms with Gasteiger partial charge in [-0.25, -0.2) is 17.9 Å². The molecule has 0 aliphatic heterocycles. The van der Waals surface area contributed by atoms with E-state index >= 15 is 0 Å². The predicted octanol–water partition coefficient (Wildman–Crippen LogP) is -0.576. The summed E-state index contributed by atoms with van der Waals surface area (Å²) < 4.78 is 29.8. The van der Waals surface area contributed by atoms with Gasteiger partial charge in [0.25, 0.3) is 5.91 Å². The number of sulfonamides is 1. The number of anilines is 1. The van der Waals surface area contributed by atoms with Crippen molar-refractivity contribution in [3.63, 3.8) is 0 Å². The van der Waals surface area contributed by atoms with Crippen LogP contribution in [-0.2, 0) is 24.3 Å². The molecule has 8 nitrogen and oxygen atoms in total. The highest BCUT2D eigenvalue weighted by Gasteiger charge is 2.23. The molecule has 1 aromatic carbocycles. The van der Waals surface area contributed by atoms with Crippen LogP contribution in [-0.4, -0.2) is 40.0 Å². The molecule has 0 heterocycles. The maximum absolute atomic E-state index is 11.7. The van der Waals surface area contributed by atoms with Crippen LogP contribution in [0.3, 0.4) is 0 Å². The lowest BCUT2D eigenvalue weighted by atomic mass is 10.2. The molecule has 1 unspecified atom stereocenters. The second-order valence-corrected chi connectivity index (χ2v) is 5.84. The molecule has 0 bridgehead atoms. The smallest absolute Gasteiger partial charge is 0.332 e. The number of ether oxygens (including phenoxy) is 1. The molecule has 0 aliphatic rings. The summed E-state index contributed by atoms with van der Waals surface area (Å²) in [4.78, 5) is 23.1. The number of carbonyl (C=O) groups is 2. The number of carbonyl (C=O) groups excluding carboxylic acids is 2. The van der Waals surface area contributed by atoms with Gasteiger partial charge >= 0.3 is 5.97 Å². The number of nitrogens with one attached hydrogen (secondary N) is 2. The number of esters is 1. The Morgan fingerprint density at radius 2 is 1.86 bits per heavy atom. The average molecular weight is 315 g/mol. The molecular weight excluding hydrogens is 298 g/mol. The molecule has 0 aliphatic carbocycles. The molecule has 0 aromatic heterocycles. The largest absolute Gasteiger partial charge is 0.464 e. The Kier molecular flexibility index (Phi) is 5.82. The lowest BCUT2D eigenvalue weighted by Crippen LogP contribution is -2.43. The van der Waals surface area contributed by atoms with Crippen molar-refractivity contribution in [2.24, 2.45) is 5.73 Å². The first-order valence-corrected chi connectivity index (χ1v) is 7.56. The Labute approximate surface area is 122 Å². The summed E-state index contributed by atoms with van der Waals surface area (Å²) in [5.74, 6) is -1.57. The van der Waals surface area contributed by atoms with E-state index in [9.17, 15) is 18.0 Å². The summed E-state index contributed by atoms with van der Waals surface area (Å²) in [6, 6.07) is 3.97. The van der Waals surface area contributed by atoms with E-state index < -0.39 is 27.9 Å². The highest BCUT2D eigenvalue weighted by molar-refractivity contribution is 7.89. The van der Waals surface area contributed by atoms with Crippen molar-refractivity contribution >= 4 is 27.6 Å². The first-order valence-electron chi connectivity index (χ1n) is 6.08. The van der Waals surface area contributed by atoms with Gasteiger partial charge in [0.1, 0.15) is 0 Å². The summed E-state index contributed by atoms with van der Waals surface area (Å²) in [6.45, 7) is 1.72. The lowest BCUT2D eigenvalue weighted by molar-refractivity contribution is -0.146. The van der Waals surface area contributed by atoms with Crippen molar-refractivity contribution in [2.45, 2.75) is 17.9 Å². The zero-order chi connectivity index (χ0) is 16.0. The highest BCUT2D eigenvalue weighted by Crippen LogP contribution is 2.13. The molecule has 4 N–H and O–H groups in total. The standard InChI is InChI=1S/C12H17N3O5S/c1-3-20-12(17)10(13)11(16)15-8-4-6-9(7-5-8)21(18,19)14-2/h4-7,10,14H,3,13H2,1-2H3,(H,15,16). The third kappa shape index (κ3) is 4.52. The Morgan fingerprint density at radius 1 is 1.29 bits per heavy atom. The Morgan fingerprint density at radius 3 is 2.33 bits per heavy atom. The van der Waals surface area contributed by atoms with Gasteiger partial charge in [-0.2, -0.15) is 0 Å². The summed E-state index contributed by atoms with van der Waals surface area (Å²) >= 11 is 0. The third-order valence-electron chi connectivity index (χ3n) is 2.52. The average Bonchev–Trinajstić information content (AvgIpc) is 2.47. The van der Waals surface area contributed by atoms with Crippen molar-refractivity contribution in [2.75, 3.05) is 19.0 Å². The van der Waals surface area contributed by atoms with E-state index in [-0.39, 0.29) is 11.5 Å². The van der Waals surface area contributed by atoms with Crippen molar-refractivity contribution in [3.05, 3.63) is 24.3 Å². The van der Waals surface area contributed by atoms with Crippen LogP contribution in [0.15, 0.2) is 29.2 Å². The van der Waals surface area contributed by atoms with E-state index in [1.165, 1.54) is 31.3 Å². The predicted molar refractivity (Wildman–Crippen MR) is 75.9 cm³/mol. The molecule has 0 saturated heterocycles. The van der Waals surface area contributed by atoms with Gasteiger partial charge < -0.3 is 15.8 Å². The van der Waals surface area contributed by atoms with Gasteiger partial charge in [0.2, 0.25) is 10.0 Å². The lowest BCUT2D eigenvalue weighted by Gasteiger charge is -2.11. The molecule has 116 valence electrons. The molecule has 0 fully saturated rings. The van der Waals surface area contributed by atoms with Crippen molar-refractivity contribution in [3.8, 4) is 0 Å². The quantitative estimate of drug-likeness (QED) is 0.476. The molecule has 0 radical (unpaired) electrons. The van der Waals surface area contributed by atoms with Crippen LogP contribution >= 0.6 is 0 Å². The molecule has 9 heteroatoms. The molecule has 1 rings (SSSR count). The van der Waals surface area contributed by atoms with Gasteiger partial charge in [-0.3, -0.25) is 4.79 Å². The topological polar surface area (TPSA) is 128 Å². The molecule has 21 heavy (non-hydrogen) atoms. The zero-order valence-electron chi connectivity index (χ0n) is 11.6. The normalized spacial score (nSPS) is 12.5. The fourth-order valence-electron chi connectivity index (χ4n) is 1.39. The van der Waals surface area contributed by atoms with Crippen LogP contribution in [0.4, 0.5) is 5.69 Å². The zero-order valence-corrected chi connectivity index (χ0v) is 12.4. The van der Waals surface area contributed by atoms with E-state index in [0.717, 1.165) is 0 Å². The van der Waals surface area contributed by atoms with Crippen LogP contribution in [0.5, 0.6) is 0 Å². The minimum Gasteiger partial charge on any atom is -0.464 e. The number of hydrogen-bond acceptors (Lipinski definition) is 6. The monoisotopic (exact) mass is 315 g/mol. The third-order valence-corrected chi connectivity index (χ3v) is 3.95. The van der Waals surface area contributed by atoms with E-state index in [1.807, 2.05) is 0 Å². The van der Waals surface area contributed by atoms with E-state index in [1.54, 1.807) is 6.92 Å².